The predicted octanol–water partition coefficient (Wildman–Crippen LogP) is 3.07. The van der Waals surface area contributed by atoms with Crippen molar-refractivity contribution in [2.45, 2.75) is 0 Å². The third-order valence-corrected chi connectivity index (χ3v) is 4.60. The fraction of sp³-hybridized carbons (Fsp3) is 0.0435. The summed E-state index contributed by atoms with van der Waals surface area (Å²) in [7, 11) is 0. The van der Waals surface area contributed by atoms with Gasteiger partial charge >= 0.3 is 5.97 Å². The Hall–Kier alpha value is -4.46. The molecule has 0 unspecified atom stereocenters. The average molecular weight is 414 g/mol. The van der Waals surface area contributed by atoms with Crippen molar-refractivity contribution in [1.82, 2.24) is 14.7 Å². The van der Waals surface area contributed by atoms with Gasteiger partial charge in [-0.1, -0.05) is 30.3 Å². The number of pyridine rings is 1. The Morgan fingerprint density at radius 3 is 2.35 bits per heavy atom. The summed E-state index contributed by atoms with van der Waals surface area (Å²) >= 11 is 0. The maximum Gasteiger partial charge on any atom is 0.322 e. The van der Waals surface area contributed by atoms with Crippen molar-refractivity contribution < 1.29 is 19.5 Å². The molecule has 31 heavy (non-hydrogen) atoms. The standard InChI is InChI=1S/C23H18N4O4/c28-21(29)13-24-22(30)16-6-8-18(9-7-16)25-23(31)17-10-11-27-14-19(26-20(27)12-17)15-4-2-1-3-5-15/h1-12,14H,13H2,(H,24,30)(H,25,31)(H,28,29). The van der Waals surface area contributed by atoms with Crippen LogP contribution in [0.25, 0.3) is 16.9 Å². The molecule has 4 rings (SSSR count). The number of nitrogens with one attached hydrogen (secondary N) is 2. The first kappa shape index (κ1) is 19.8. The van der Waals surface area contributed by atoms with Gasteiger partial charge in [-0.3, -0.25) is 14.4 Å². The number of benzene rings is 2. The van der Waals surface area contributed by atoms with Crippen molar-refractivity contribution in [3.05, 3.63) is 90.3 Å². The zero-order valence-electron chi connectivity index (χ0n) is 16.3. The molecule has 2 heterocycles. The molecule has 0 fully saturated rings. The molecule has 154 valence electrons. The summed E-state index contributed by atoms with van der Waals surface area (Å²) in [5.41, 5.74) is 3.71. The zero-order valence-corrected chi connectivity index (χ0v) is 16.3. The van der Waals surface area contributed by atoms with Gasteiger partial charge in [-0.15, -0.1) is 0 Å². The molecule has 0 spiro atoms. The molecule has 0 aliphatic carbocycles. The molecule has 0 radical (unpaired) electrons. The Labute approximate surface area is 177 Å². The van der Waals surface area contributed by atoms with Crippen LogP contribution in [-0.2, 0) is 4.79 Å². The molecular formula is C23H18N4O4. The van der Waals surface area contributed by atoms with E-state index in [0.717, 1.165) is 11.3 Å². The summed E-state index contributed by atoms with van der Waals surface area (Å²) in [6, 6.07) is 19.4. The van der Waals surface area contributed by atoms with Gasteiger partial charge in [0.1, 0.15) is 12.2 Å². The topological polar surface area (TPSA) is 113 Å². The Kier molecular flexibility index (Phi) is 5.44. The van der Waals surface area contributed by atoms with E-state index in [9.17, 15) is 14.4 Å². The summed E-state index contributed by atoms with van der Waals surface area (Å²) in [4.78, 5) is 39.6. The summed E-state index contributed by atoms with van der Waals surface area (Å²) in [6.07, 6.45) is 3.68. The van der Waals surface area contributed by atoms with Crippen LogP contribution in [0.3, 0.4) is 0 Å². The number of imidazole rings is 1. The van der Waals surface area contributed by atoms with Gasteiger partial charge in [-0.05, 0) is 36.4 Å². The van der Waals surface area contributed by atoms with Gasteiger partial charge in [0.05, 0.1) is 5.69 Å². The van der Waals surface area contributed by atoms with Crippen LogP contribution in [0.5, 0.6) is 0 Å². The molecular weight excluding hydrogens is 396 g/mol. The lowest BCUT2D eigenvalue weighted by molar-refractivity contribution is -0.135. The monoisotopic (exact) mass is 414 g/mol. The molecule has 8 nitrogen and oxygen atoms in total. The number of carboxylic acid groups (broad SMARTS) is 1. The number of carboxylic acids is 1. The van der Waals surface area contributed by atoms with Crippen LogP contribution in [0.2, 0.25) is 0 Å². The lowest BCUT2D eigenvalue weighted by Crippen LogP contribution is -2.29. The molecule has 2 amide bonds. The minimum atomic E-state index is -1.12. The van der Waals surface area contributed by atoms with E-state index >= 15 is 0 Å². The number of carbonyl (C=O) groups excluding carboxylic acids is 2. The van der Waals surface area contributed by atoms with E-state index in [0.29, 0.717) is 22.5 Å². The van der Waals surface area contributed by atoms with Gasteiger partial charge in [0.15, 0.2) is 0 Å². The quantitative estimate of drug-likeness (QED) is 0.449. The minimum absolute atomic E-state index is 0.298. The van der Waals surface area contributed by atoms with Crippen molar-refractivity contribution in [3.8, 4) is 11.3 Å². The summed E-state index contributed by atoms with van der Waals surface area (Å²) in [5.74, 6) is -1.93. The number of rotatable bonds is 6. The summed E-state index contributed by atoms with van der Waals surface area (Å²) < 4.78 is 1.85. The highest BCUT2D eigenvalue weighted by atomic mass is 16.4. The molecule has 8 heteroatoms. The number of fused-ring (bicyclic) bond motifs is 1. The number of carbonyl (C=O) groups is 3. The third kappa shape index (κ3) is 4.59. The molecule has 0 saturated carbocycles. The summed E-state index contributed by atoms with van der Waals surface area (Å²) in [6.45, 7) is -0.459. The second kappa shape index (κ2) is 8.50. The first-order valence-electron chi connectivity index (χ1n) is 9.45. The number of aromatic nitrogens is 2. The van der Waals surface area contributed by atoms with E-state index in [1.807, 2.05) is 40.9 Å². The van der Waals surface area contributed by atoms with Gasteiger partial charge in [-0.2, -0.15) is 0 Å². The maximum absolute atomic E-state index is 12.6. The SMILES string of the molecule is O=C(O)CNC(=O)c1ccc(NC(=O)c2ccn3cc(-c4ccccc4)nc3c2)cc1. The van der Waals surface area contributed by atoms with E-state index in [1.54, 1.807) is 30.5 Å². The van der Waals surface area contributed by atoms with Crippen molar-refractivity contribution in [2.75, 3.05) is 11.9 Å². The van der Waals surface area contributed by atoms with E-state index in [4.69, 9.17) is 5.11 Å². The van der Waals surface area contributed by atoms with Crippen LogP contribution in [0.15, 0.2) is 79.1 Å². The maximum atomic E-state index is 12.6. The molecule has 0 saturated heterocycles. The molecule has 4 aromatic rings. The average Bonchev–Trinajstić information content (AvgIpc) is 3.22. The van der Waals surface area contributed by atoms with Crippen molar-refractivity contribution in [2.24, 2.45) is 0 Å². The Morgan fingerprint density at radius 2 is 1.65 bits per heavy atom. The second-order valence-electron chi connectivity index (χ2n) is 6.78. The lowest BCUT2D eigenvalue weighted by Gasteiger charge is -2.07. The third-order valence-electron chi connectivity index (χ3n) is 4.60. The van der Waals surface area contributed by atoms with E-state index in [-0.39, 0.29) is 5.91 Å². The fourth-order valence-corrected chi connectivity index (χ4v) is 3.04. The molecule has 0 aliphatic rings. The second-order valence-corrected chi connectivity index (χ2v) is 6.78. The molecule has 3 N–H and O–H groups in total. The smallest absolute Gasteiger partial charge is 0.322 e. The zero-order chi connectivity index (χ0) is 21.8. The molecule has 2 aromatic carbocycles. The van der Waals surface area contributed by atoms with Crippen LogP contribution in [0.4, 0.5) is 5.69 Å². The predicted molar refractivity (Wildman–Crippen MR) is 115 cm³/mol. The van der Waals surface area contributed by atoms with Gasteiger partial charge in [-0.25, -0.2) is 4.98 Å². The molecule has 0 atom stereocenters. The summed E-state index contributed by atoms with van der Waals surface area (Å²) in [5, 5.41) is 13.7. The number of anilines is 1. The molecule has 2 aromatic heterocycles. The van der Waals surface area contributed by atoms with Gasteiger partial charge < -0.3 is 20.1 Å². The Morgan fingerprint density at radius 1 is 0.903 bits per heavy atom. The fourth-order valence-electron chi connectivity index (χ4n) is 3.04. The van der Waals surface area contributed by atoms with Crippen molar-refractivity contribution in [1.29, 1.82) is 0 Å². The van der Waals surface area contributed by atoms with Crippen molar-refractivity contribution in [3.63, 3.8) is 0 Å². The van der Waals surface area contributed by atoms with Gasteiger partial charge in [0.2, 0.25) is 0 Å². The number of nitrogens with zero attached hydrogens (tertiary/aromatic N) is 2. The van der Waals surface area contributed by atoms with Gasteiger partial charge in [0.25, 0.3) is 11.8 Å². The highest BCUT2D eigenvalue weighted by molar-refractivity contribution is 6.05. The van der Waals surface area contributed by atoms with Crippen LogP contribution < -0.4 is 10.6 Å². The van der Waals surface area contributed by atoms with Crippen LogP contribution in [0.1, 0.15) is 20.7 Å². The van der Waals surface area contributed by atoms with Crippen LogP contribution >= 0.6 is 0 Å². The number of hydrogen-bond acceptors (Lipinski definition) is 4. The minimum Gasteiger partial charge on any atom is -0.480 e. The molecule has 0 bridgehead atoms. The lowest BCUT2D eigenvalue weighted by atomic mass is 10.2. The largest absolute Gasteiger partial charge is 0.480 e. The van der Waals surface area contributed by atoms with E-state index < -0.39 is 18.4 Å². The Bertz CT molecular complexity index is 1260. The van der Waals surface area contributed by atoms with E-state index in [1.165, 1.54) is 12.1 Å². The first-order valence-corrected chi connectivity index (χ1v) is 9.45. The van der Waals surface area contributed by atoms with Crippen LogP contribution in [-0.4, -0.2) is 38.8 Å². The number of hydrogen-bond donors (Lipinski definition) is 3. The van der Waals surface area contributed by atoms with Crippen LogP contribution in [0, 0.1) is 0 Å². The molecule has 0 aliphatic heterocycles. The number of aliphatic carboxylic acids is 1. The highest BCUT2D eigenvalue weighted by Gasteiger charge is 2.11. The number of amides is 2. The highest BCUT2D eigenvalue weighted by Crippen LogP contribution is 2.20. The van der Waals surface area contributed by atoms with E-state index in [2.05, 4.69) is 15.6 Å². The van der Waals surface area contributed by atoms with Gasteiger partial charge in [0, 0.05) is 34.8 Å². The normalized spacial score (nSPS) is 10.6. The first-order chi connectivity index (χ1) is 15.0. The van der Waals surface area contributed by atoms with Crippen molar-refractivity contribution >= 4 is 29.1 Å². The Balaban J connectivity index is 1.47.